The first-order valence-electron chi connectivity index (χ1n) is 5.57. The molecule has 0 aliphatic heterocycles. The third-order valence-electron chi connectivity index (χ3n) is 2.25. The van der Waals surface area contributed by atoms with Gasteiger partial charge in [-0.1, -0.05) is 6.92 Å². The van der Waals surface area contributed by atoms with E-state index >= 15 is 0 Å². The van der Waals surface area contributed by atoms with Crippen molar-refractivity contribution in [3.63, 3.8) is 0 Å². The van der Waals surface area contributed by atoms with Crippen molar-refractivity contribution in [1.82, 2.24) is 9.55 Å². The number of alkyl halides is 3. The molecule has 0 radical (unpaired) electrons. The van der Waals surface area contributed by atoms with Crippen molar-refractivity contribution in [2.24, 2.45) is 0 Å². The van der Waals surface area contributed by atoms with Gasteiger partial charge < -0.3 is 10.2 Å². The molecule has 0 saturated heterocycles. The second kappa shape index (κ2) is 7.41. The maximum atomic E-state index is 11.5. The van der Waals surface area contributed by atoms with Gasteiger partial charge >= 0.3 is 18.1 Å². The summed E-state index contributed by atoms with van der Waals surface area (Å²) in [6.07, 6.45) is -3.13. The number of nitrogens with zero attached hydrogens (tertiary/aromatic N) is 2. The topological polar surface area (TPSA) is 109 Å². The summed E-state index contributed by atoms with van der Waals surface area (Å²) in [5, 5.41) is 15.6. The highest BCUT2D eigenvalue weighted by atomic mass is 19.4. The first kappa shape index (κ1) is 18.6. The van der Waals surface area contributed by atoms with Crippen molar-refractivity contribution in [2.45, 2.75) is 33.0 Å². The molecule has 1 aromatic rings. The third-order valence-corrected chi connectivity index (χ3v) is 2.25. The number of aryl methyl sites for hydroxylation is 1. The lowest BCUT2D eigenvalue weighted by atomic mass is 10.2. The summed E-state index contributed by atoms with van der Waals surface area (Å²) in [7, 11) is 0. The number of carboxylic acids is 2. The van der Waals surface area contributed by atoms with Gasteiger partial charge in [0.25, 0.3) is 5.56 Å². The van der Waals surface area contributed by atoms with E-state index in [1.807, 2.05) is 6.92 Å². The number of hydrogen-bond acceptors (Lipinski definition) is 4. The minimum absolute atomic E-state index is 0.278. The van der Waals surface area contributed by atoms with E-state index in [-0.39, 0.29) is 12.1 Å². The standard InChI is InChI=1S/C9H12N2O3.C2HF3O2/c1-3-7-6(2)9(14)11(5-10-7)4-8(12)13;3-2(4,5)1(6)7/h5H,3-4H2,1-2H3,(H,12,13);(H,6,7). The number of hydrogen-bond donors (Lipinski definition) is 2. The van der Waals surface area contributed by atoms with Gasteiger partial charge in [0.05, 0.1) is 12.0 Å². The lowest BCUT2D eigenvalue weighted by Gasteiger charge is -2.05. The number of carbonyl (C=O) groups is 2. The summed E-state index contributed by atoms with van der Waals surface area (Å²) < 4.78 is 32.8. The first-order chi connectivity index (χ1) is 9.50. The maximum absolute atomic E-state index is 11.5. The summed E-state index contributed by atoms with van der Waals surface area (Å²) in [6, 6.07) is 0. The van der Waals surface area contributed by atoms with Crippen molar-refractivity contribution in [3.8, 4) is 0 Å². The molecular weight excluding hydrogens is 297 g/mol. The lowest BCUT2D eigenvalue weighted by molar-refractivity contribution is -0.192. The number of aliphatic carboxylic acids is 2. The lowest BCUT2D eigenvalue weighted by Crippen LogP contribution is -2.27. The molecule has 0 aliphatic carbocycles. The van der Waals surface area contributed by atoms with E-state index in [9.17, 15) is 22.8 Å². The van der Waals surface area contributed by atoms with E-state index in [0.29, 0.717) is 12.0 Å². The fourth-order valence-corrected chi connectivity index (χ4v) is 1.24. The Morgan fingerprint density at radius 2 is 1.81 bits per heavy atom. The molecule has 0 amide bonds. The zero-order valence-corrected chi connectivity index (χ0v) is 11.1. The van der Waals surface area contributed by atoms with Crippen LogP contribution in [0.2, 0.25) is 0 Å². The van der Waals surface area contributed by atoms with Crippen molar-refractivity contribution in [3.05, 3.63) is 27.9 Å². The normalized spacial score (nSPS) is 10.5. The van der Waals surface area contributed by atoms with Gasteiger partial charge in [-0.25, -0.2) is 9.78 Å². The Morgan fingerprint density at radius 1 is 1.33 bits per heavy atom. The van der Waals surface area contributed by atoms with E-state index < -0.39 is 18.1 Å². The van der Waals surface area contributed by atoms with Gasteiger partial charge in [0, 0.05) is 5.56 Å². The van der Waals surface area contributed by atoms with Crippen LogP contribution in [0.5, 0.6) is 0 Å². The van der Waals surface area contributed by atoms with E-state index in [4.69, 9.17) is 15.0 Å². The Bertz CT molecular complexity index is 580. The second-order valence-electron chi connectivity index (χ2n) is 3.80. The molecule has 1 rings (SSSR count). The van der Waals surface area contributed by atoms with Crippen molar-refractivity contribution < 1.29 is 33.0 Å². The van der Waals surface area contributed by atoms with Gasteiger partial charge in [0.1, 0.15) is 6.54 Å². The van der Waals surface area contributed by atoms with Crippen LogP contribution in [0.3, 0.4) is 0 Å². The van der Waals surface area contributed by atoms with Gasteiger partial charge in [0.15, 0.2) is 0 Å². The summed E-state index contributed by atoms with van der Waals surface area (Å²) in [6.45, 7) is 3.22. The molecule has 1 heterocycles. The quantitative estimate of drug-likeness (QED) is 0.856. The second-order valence-corrected chi connectivity index (χ2v) is 3.80. The van der Waals surface area contributed by atoms with Crippen LogP contribution < -0.4 is 5.56 Å². The van der Waals surface area contributed by atoms with Crippen LogP contribution in [0.25, 0.3) is 0 Å². The molecule has 7 nitrogen and oxygen atoms in total. The van der Waals surface area contributed by atoms with Crippen LogP contribution in [0.1, 0.15) is 18.2 Å². The van der Waals surface area contributed by atoms with Gasteiger partial charge in [-0.15, -0.1) is 0 Å². The summed E-state index contributed by atoms with van der Waals surface area (Å²) in [5.74, 6) is -3.80. The number of rotatable bonds is 3. The molecule has 10 heteroatoms. The van der Waals surface area contributed by atoms with Crippen LogP contribution >= 0.6 is 0 Å². The highest BCUT2D eigenvalue weighted by molar-refractivity contribution is 5.73. The van der Waals surface area contributed by atoms with Crippen molar-refractivity contribution in [1.29, 1.82) is 0 Å². The SMILES string of the molecule is CCc1ncn(CC(=O)O)c(=O)c1C.O=C(O)C(F)(F)F. The van der Waals surface area contributed by atoms with E-state index in [1.165, 1.54) is 6.33 Å². The molecule has 0 fully saturated rings. The Kier molecular flexibility index (Phi) is 6.56. The fraction of sp³-hybridized carbons (Fsp3) is 0.455. The Balaban J connectivity index is 0.000000486. The maximum Gasteiger partial charge on any atom is 0.490 e. The van der Waals surface area contributed by atoms with Gasteiger partial charge in [-0.05, 0) is 13.3 Å². The summed E-state index contributed by atoms with van der Waals surface area (Å²) >= 11 is 0. The van der Waals surface area contributed by atoms with Gasteiger partial charge in [-0.2, -0.15) is 13.2 Å². The van der Waals surface area contributed by atoms with E-state index in [2.05, 4.69) is 4.98 Å². The predicted molar refractivity (Wildman–Crippen MR) is 63.9 cm³/mol. The van der Waals surface area contributed by atoms with Crippen LogP contribution in [0.4, 0.5) is 13.2 Å². The zero-order valence-electron chi connectivity index (χ0n) is 11.1. The van der Waals surface area contributed by atoms with E-state index in [1.54, 1.807) is 6.92 Å². The number of carboxylic acid groups (broad SMARTS) is 2. The van der Waals surface area contributed by atoms with Crippen LogP contribution in [-0.2, 0) is 22.6 Å². The summed E-state index contributed by atoms with van der Waals surface area (Å²) in [5.41, 5.74) is 0.965. The molecule has 21 heavy (non-hydrogen) atoms. The van der Waals surface area contributed by atoms with Crippen molar-refractivity contribution in [2.75, 3.05) is 0 Å². The minimum atomic E-state index is -5.08. The highest BCUT2D eigenvalue weighted by Gasteiger charge is 2.38. The summed E-state index contributed by atoms with van der Waals surface area (Å²) in [4.78, 5) is 34.8. The van der Waals surface area contributed by atoms with Crippen molar-refractivity contribution >= 4 is 11.9 Å². The zero-order chi connectivity index (χ0) is 16.8. The molecule has 118 valence electrons. The molecule has 2 N–H and O–H groups in total. The molecule has 0 unspecified atom stereocenters. The Hall–Kier alpha value is -2.39. The monoisotopic (exact) mass is 310 g/mol. The van der Waals surface area contributed by atoms with Crippen LogP contribution in [-0.4, -0.2) is 37.9 Å². The predicted octanol–water partition coefficient (Wildman–Crippen LogP) is 0.832. The third kappa shape index (κ3) is 6.06. The van der Waals surface area contributed by atoms with Gasteiger partial charge in [0.2, 0.25) is 0 Å². The molecule has 0 aliphatic rings. The van der Waals surface area contributed by atoms with Crippen LogP contribution in [0, 0.1) is 6.92 Å². The molecule has 0 spiro atoms. The molecule has 0 saturated carbocycles. The molecule has 0 aromatic carbocycles. The number of aromatic nitrogens is 2. The van der Waals surface area contributed by atoms with Crippen LogP contribution in [0.15, 0.2) is 11.1 Å². The Labute approximate surface area is 116 Å². The van der Waals surface area contributed by atoms with Gasteiger partial charge in [-0.3, -0.25) is 14.2 Å². The molecule has 1 aromatic heterocycles. The molecule has 0 atom stereocenters. The smallest absolute Gasteiger partial charge is 0.480 e. The highest BCUT2D eigenvalue weighted by Crippen LogP contribution is 2.13. The first-order valence-corrected chi connectivity index (χ1v) is 5.57. The van der Waals surface area contributed by atoms with E-state index in [0.717, 1.165) is 10.3 Å². The average molecular weight is 310 g/mol. The average Bonchev–Trinajstić information content (AvgIpc) is 2.34. The minimum Gasteiger partial charge on any atom is -0.480 e. The Morgan fingerprint density at radius 3 is 2.14 bits per heavy atom. The largest absolute Gasteiger partial charge is 0.490 e. The molecule has 0 bridgehead atoms. The molecular formula is C11H13F3N2O5. The number of halogens is 3. The fourth-order valence-electron chi connectivity index (χ4n) is 1.24.